The molecule has 1 aromatic rings. The van der Waals surface area contributed by atoms with Crippen LogP contribution in [0.15, 0.2) is 24.3 Å². The van der Waals surface area contributed by atoms with E-state index in [9.17, 15) is 14.7 Å². The Balaban J connectivity index is 3.12. The molecule has 0 saturated heterocycles. The van der Waals surface area contributed by atoms with Crippen molar-refractivity contribution in [1.29, 1.82) is 0 Å². The number of hydrogen-bond acceptors (Lipinski definition) is 3. The van der Waals surface area contributed by atoms with Crippen LogP contribution in [0.2, 0.25) is 5.02 Å². The molecule has 23 heavy (non-hydrogen) atoms. The normalized spacial score (nSPS) is 14.2. The average Bonchev–Trinajstić information content (AvgIpc) is 2.37. The summed E-state index contributed by atoms with van der Waals surface area (Å²) in [6, 6.07) is 5.92. The molecule has 0 unspecified atom stereocenters. The first kappa shape index (κ1) is 19.3. The minimum absolute atomic E-state index is 0.0501. The Bertz CT molecular complexity index is 566. The maximum atomic E-state index is 12.0. The summed E-state index contributed by atoms with van der Waals surface area (Å²) >= 11 is 6.22. The number of hydrogen-bond donors (Lipinski definition) is 2. The zero-order valence-corrected chi connectivity index (χ0v) is 14.8. The second-order valence-electron chi connectivity index (χ2n) is 6.75. The maximum Gasteiger partial charge on any atom is 0.408 e. The standard InChI is InChI=1S/C17H24ClNO4/c1-10(2)13(11-8-6-7-9-12(11)18)14(15(20)21)19-16(22)23-17(3,4)5/h6-10,13-14H,1-5H3,(H,19,22)(H,20,21)/t13-,14-/m1/s1. The van der Waals surface area contributed by atoms with Gasteiger partial charge in [-0.25, -0.2) is 9.59 Å². The summed E-state index contributed by atoms with van der Waals surface area (Å²) in [5, 5.41) is 12.5. The summed E-state index contributed by atoms with van der Waals surface area (Å²) in [6.07, 6.45) is -0.761. The minimum atomic E-state index is -1.13. The third-order valence-electron chi connectivity index (χ3n) is 3.28. The van der Waals surface area contributed by atoms with E-state index in [1.54, 1.807) is 45.0 Å². The summed E-state index contributed by atoms with van der Waals surface area (Å²) in [5.74, 6) is -1.66. The zero-order valence-electron chi connectivity index (χ0n) is 14.1. The van der Waals surface area contributed by atoms with Crippen LogP contribution in [0.4, 0.5) is 4.79 Å². The van der Waals surface area contributed by atoms with E-state index < -0.39 is 29.6 Å². The summed E-state index contributed by atoms with van der Waals surface area (Å²) in [4.78, 5) is 23.7. The number of carboxylic acids is 1. The molecular weight excluding hydrogens is 318 g/mol. The largest absolute Gasteiger partial charge is 0.480 e. The smallest absolute Gasteiger partial charge is 0.408 e. The molecule has 128 valence electrons. The van der Waals surface area contributed by atoms with Crippen molar-refractivity contribution in [3.8, 4) is 0 Å². The third-order valence-corrected chi connectivity index (χ3v) is 3.62. The number of benzene rings is 1. The van der Waals surface area contributed by atoms with Crippen molar-refractivity contribution >= 4 is 23.7 Å². The van der Waals surface area contributed by atoms with Gasteiger partial charge < -0.3 is 15.2 Å². The van der Waals surface area contributed by atoms with Gasteiger partial charge in [-0.2, -0.15) is 0 Å². The molecule has 0 radical (unpaired) electrons. The van der Waals surface area contributed by atoms with Gasteiger partial charge >= 0.3 is 12.1 Å². The van der Waals surface area contributed by atoms with Gasteiger partial charge in [0.2, 0.25) is 0 Å². The zero-order chi connectivity index (χ0) is 17.8. The van der Waals surface area contributed by atoms with Crippen LogP contribution in [0.25, 0.3) is 0 Å². The highest BCUT2D eigenvalue weighted by Gasteiger charge is 2.35. The van der Waals surface area contributed by atoms with Crippen LogP contribution in [-0.2, 0) is 9.53 Å². The Morgan fingerprint density at radius 3 is 2.22 bits per heavy atom. The highest BCUT2D eigenvalue weighted by Crippen LogP contribution is 2.33. The Morgan fingerprint density at radius 2 is 1.78 bits per heavy atom. The first-order chi connectivity index (χ1) is 10.5. The van der Waals surface area contributed by atoms with E-state index in [-0.39, 0.29) is 5.92 Å². The molecule has 0 heterocycles. The molecule has 0 aliphatic heterocycles. The SMILES string of the molecule is CC(C)[C@H](c1ccccc1Cl)[C@@H](NC(=O)OC(C)(C)C)C(=O)O. The Kier molecular flexibility index (Phi) is 6.45. The van der Waals surface area contributed by atoms with E-state index in [4.69, 9.17) is 16.3 Å². The van der Waals surface area contributed by atoms with Crippen LogP contribution in [-0.4, -0.2) is 28.8 Å². The van der Waals surface area contributed by atoms with Crippen LogP contribution in [0, 0.1) is 5.92 Å². The monoisotopic (exact) mass is 341 g/mol. The van der Waals surface area contributed by atoms with E-state index >= 15 is 0 Å². The number of amides is 1. The van der Waals surface area contributed by atoms with Crippen LogP contribution in [0.3, 0.4) is 0 Å². The van der Waals surface area contributed by atoms with Crippen molar-refractivity contribution in [3.63, 3.8) is 0 Å². The molecule has 0 spiro atoms. The van der Waals surface area contributed by atoms with Gasteiger partial charge in [-0.05, 0) is 38.3 Å². The average molecular weight is 342 g/mol. The molecule has 0 aliphatic rings. The van der Waals surface area contributed by atoms with Gasteiger partial charge in [0.25, 0.3) is 0 Å². The summed E-state index contributed by atoms with van der Waals surface area (Å²) < 4.78 is 5.17. The molecule has 1 rings (SSSR count). The Hall–Kier alpha value is -1.75. The van der Waals surface area contributed by atoms with E-state index in [2.05, 4.69) is 5.32 Å². The van der Waals surface area contributed by atoms with Gasteiger partial charge in [-0.15, -0.1) is 0 Å². The molecule has 2 atom stereocenters. The first-order valence-corrected chi connectivity index (χ1v) is 7.87. The molecule has 0 fully saturated rings. The number of nitrogens with one attached hydrogen (secondary N) is 1. The predicted octanol–water partition coefficient (Wildman–Crippen LogP) is 4.06. The van der Waals surface area contributed by atoms with E-state index in [0.717, 1.165) is 0 Å². The van der Waals surface area contributed by atoms with Crippen molar-refractivity contribution in [2.24, 2.45) is 5.92 Å². The first-order valence-electron chi connectivity index (χ1n) is 7.49. The topological polar surface area (TPSA) is 75.6 Å². The van der Waals surface area contributed by atoms with Crippen LogP contribution >= 0.6 is 11.6 Å². The van der Waals surface area contributed by atoms with Crippen LogP contribution in [0.5, 0.6) is 0 Å². The number of carbonyl (C=O) groups excluding carboxylic acids is 1. The number of halogens is 1. The molecule has 0 aromatic heterocycles. The molecule has 2 N–H and O–H groups in total. The lowest BCUT2D eigenvalue weighted by molar-refractivity contribution is -0.140. The maximum absolute atomic E-state index is 12.0. The molecule has 0 aliphatic carbocycles. The number of ether oxygens (including phenoxy) is 1. The quantitative estimate of drug-likeness (QED) is 0.846. The van der Waals surface area contributed by atoms with Gasteiger partial charge in [-0.3, -0.25) is 0 Å². The summed E-state index contributed by atoms with van der Waals surface area (Å²) in [7, 11) is 0. The van der Waals surface area contributed by atoms with Crippen LogP contribution < -0.4 is 5.32 Å². The van der Waals surface area contributed by atoms with E-state index in [1.807, 2.05) is 13.8 Å². The molecule has 1 amide bonds. The Morgan fingerprint density at radius 1 is 1.22 bits per heavy atom. The summed E-state index contributed by atoms with van der Waals surface area (Å²) in [6.45, 7) is 8.93. The van der Waals surface area contributed by atoms with Gasteiger partial charge in [-0.1, -0.05) is 43.6 Å². The molecule has 0 saturated carbocycles. The van der Waals surface area contributed by atoms with Crippen molar-refractivity contribution < 1.29 is 19.4 Å². The predicted molar refractivity (Wildman–Crippen MR) is 89.8 cm³/mol. The number of carbonyl (C=O) groups is 2. The molecule has 6 heteroatoms. The number of aliphatic carboxylic acids is 1. The summed E-state index contributed by atoms with van der Waals surface area (Å²) in [5.41, 5.74) is -0.0159. The fourth-order valence-corrected chi connectivity index (χ4v) is 2.67. The third kappa shape index (κ3) is 5.75. The lowest BCUT2D eigenvalue weighted by atomic mass is 9.82. The lowest BCUT2D eigenvalue weighted by Crippen LogP contribution is -2.48. The molecule has 5 nitrogen and oxygen atoms in total. The number of rotatable bonds is 5. The van der Waals surface area contributed by atoms with Crippen molar-refractivity contribution in [2.45, 2.75) is 52.2 Å². The second kappa shape index (κ2) is 7.68. The van der Waals surface area contributed by atoms with Gasteiger partial charge in [0.1, 0.15) is 11.6 Å². The van der Waals surface area contributed by atoms with Gasteiger partial charge in [0.15, 0.2) is 0 Å². The molecular formula is C17H24ClNO4. The van der Waals surface area contributed by atoms with E-state index in [0.29, 0.717) is 10.6 Å². The molecule has 1 aromatic carbocycles. The highest BCUT2D eigenvalue weighted by molar-refractivity contribution is 6.31. The number of carboxylic acid groups (broad SMARTS) is 1. The molecule has 0 bridgehead atoms. The fourth-order valence-electron chi connectivity index (χ4n) is 2.41. The van der Waals surface area contributed by atoms with Crippen molar-refractivity contribution in [2.75, 3.05) is 0 Å². The van der Waals surface area contributed by atoms with Gasteiger partial charge in [0, 0.05) is 10.9 Å². The Labute approximate surface area is 142 Å². The minimum Gasteiger partial charge on any atom is -0.480 e. The lowest BCUT2D eigenvalue weighted by Gasteiger charge is -2.30. The van der Waals surface area contributed by atoms with E-state index in [1.165, 1.54) is 0 Å². The van der Waals surface area contributed by atoms with Crippen molar-refractivity contribution in [1.82, 2.24) is 5.32 Å². The second-order valence-corrected chi connectivity index (χ2v) is 7.16. The highest BCUT2D eigenvalue weighted by atomic mass is 35.5. The van der Waals surface area contributed by atoms with Crippen LogP contribution in [0.1, 0.15) is 46.1 Å². The van der Waals surface area contributed by atoms with Crippen molar-refractivity contribution in [3.05, 3.63) is 34.9 Å². The fraction of sp³-hybridized carbons (Fsp3) is 0.529. The van der Waals surface area contributed by atoms with Gasteiger partial charge in [0.05, 0.1) is 0 Å². The number of alkyl carbamates (subject to hydrolysis) is 1.